The van der Waals surface area contributed by atoms with Crippen LogP contribution in [0.1, 0.15) is 21.2 Å². The van der Waals surface area contributed by atoms with Crippen molar-refractivity contribution in [2.75, 3.05) is 0 Å². The first-order valence-electron chi connectivity index (χ1n) is 4.91. The molecule has 4 nitrogen and oxygen atoms in total. The number of hydrogen-bond acceptors (Lipinski definition) is 6. The van der Waals surface area contributed by atoms with E-state index in [9.17, 15) is 4.79 Å². The van der Waals surface area contributed by atoms with Gasteiger partial charge in [-0.05, 0) is 18.4 Å². The fourth-order valence-corrected chi connectivity index (χ4v) is 3.00. The predicted octanol–water partition coefficient (Wildman–Crippen LogP) is 2.69. The Morgan fingerprint density at radius 2 is 2.18 bits per heavy atom. The van der Waals surface area contributed by atoms with Gasteiger partial charge in [0, 0.05) is 16.5 Å². The predicted molar refractivity (Wildman–Crippen MR) is 67.7 cm³/mol. The molecule has 0 aromatic carbocycles. The van der Waals surface area contributed by atoms with E-state index in [0.717, 1.165) is 15.9 Å². The van der Waals surface area contributed by atoms with Crippen LogP contribution in [0.4, 0.5) is 0 Å². The molecule has 0 amide bonds. The van der Waals surface area contributed by atoms with Crippen LogP contribution in [0, 0.1) is 6.92 Å². The number of nitrogens with zero attached hydrogens (tertiary/aromatic N) is 3. The Bertz CT molecular complexity index is 701. The van der Waals surface area contributed by atoms with E-state index in [2.05, 4.69) is 15.0 Å². The molecule has 0 aliphatic carbocycles. The highest BCUT2D eigenvalue weighted by Crippen LogP contribution is 2.23. The minimum Gasteiger partial charge on any atom is -0.284 e. The Morgan fingerprint density at radius 3 is 2.94 bits per heavy atom. The Morgan fingerprint density at radius 1 is 1.29 bits per heavy atom. The summed E-state index contributed by atoms with van der Waals surface area (Å²) < 4.78 is 0. The molecule has 3 aromatic heterocycles. The molecule has 3 heterocycles. The van der Waals surface area contributed by atoms with Gasteiger partial charge in [-0.1, -0.05) is 0 Å². The summed E-state index contributed by atoms with van der Waals surface area (Å²) in [7, 11) is 0. The van der Waals surface area contributed by atoms with Gasteiger partial charge in [0.1, 0.15) is 16.9 Å². The van der Waals surface area contributed by atoms with Crippen molar-refractivity contribution in [3.8, 4) is 0 Å². The normalized spacial score (nSPS) is 10.9. The molecule has 0 N–H and O–H groups in total. The molecule has 0 spiro atoms. The van der Waals surface area contributed by atoms with E-state index in [-0.39, 0.29) is 5.78 Å². The maximum atomic E-state index is 12.2. The molecule has 3 aromatic rings. The molecule has 0 bridgehead atoms. The molecular formula is C11H7N3OS2. The van der Waals surface area contributed by atoms with Crippen LogP contribution < -0.4 is 0 Å². The lowest BCUT2D eigenvalue weighted by Gasteiger charge is -1.97. The molecule has 17 heavy (non-hydrogen) atoms. The number of thiophene rings is 1. The number of hydrogen-bond donors (Lipinski definition) is 0. The maximum absolute atomic E-state index is 12.2. The van der Waals surface area contributed by atoms with Gasteiger partial charge >= 0.3 is 0 Å². The van der Waals surface area contributed by atoms with Gasteiger partial charge in [-0.2, -0.15) is 0 Å². The Labute approximate surface area is 105 Å². The van der Waals surface area contributed by atoms with Crippen LogP contribution in [0.15, 0.2) is 23.2 Å². The number of fused-ring (bicyclic) bond motifs is 1. The van der Waals surface area contributed by atoms with Crippen LogP contribution in [0.5, 0.6) is 0 Å². The minimum absolute atomic E-state index is 0.131. The van der Waals surface area contributed by atoms with Crippen LogP contribution in [-0.2, 0) is 0 Å². The second-order valence-electron chi connectivity index (χ2n) is 3.48. The van der Waals surface area contributed by atoms with Crippen LogP contribution in [0.25, 0.3) is 10.2 Å². The van der Waals surface area contributed by atoms with Gasteiger partial charge in [0.15, 0.2) is 5.01 Å². The zero-order chi connectivity index (χ0) is 11.8. The second kappa shape index (κ2) is 3.97. The Balaban J connectivity index is 2.15. The van der Waals surface area contributed by atoms with Gasteiger partial charge in [-0.3, -0.25) is 4.79 Å². The van der Waals surface area contributed by atoms with Crippen LogP contribution in [-0.4, -0.2) is 20.7 Å². The van der Waals surface area contributed by atoms with E-state index >= 15 is 0 Å². The number of thiazole rings is 1. The molecular weight excluding hydrogens is 254 g/mol. The van der Waals surface area contributed by atoms with Crippen molar-refractivity contribution in [2.24, 2.45) is 0 Å². The molecule has 0 fully saturated rings. The maximum Gasteiger partial charge on any atom is 0.240 e. The third-order valence-corrected chi connectivity index (χ3v) is 4.07. The van der Waals surface area contributed by atoms with E-state index in [1.165, 1.54) is 29.0 Å². The van der Waals surface area contributed by atoms with Crippen molar-refractivity contribution in [1.29, 1.82) is 0 Å². The first kappa shape index (κ1) is 10.5. The molecule has 0 aliphatic rings. The lowest BCUT2D eigenvalue weighted by atomic mass is 10.2. The Hall–Kier alpha value is -1.66. The van der Waals surface area contributed by atoms with Gasteiger partial charge < -0.3 is 0 Å². The number of aryl methyl sites for hydroxylation is 1. The molecule has 0 aliphatic heterocycles. The smallest absolute Gasteiger partial charge is 0.240 e. The van der Waals surface area contributed by atoms with Gasteiger partial charge in [-0.25, -0.2) is 15.0 Å². The van der Waals surface area contributed by atoms with Crippen molar-refractivity contribution in [3.63, 3.8) is 0 Å². The van der Waals surface area contributed by atoms with Crippen molar-refractivity contribution < 1.29 is 4.79 Å². The zero-order valence-electron chi connectivity index (χ0n) is 8.88. The topological polar surface area (TPSA) is 55.7 Å². The first-order valence-corrected chi connectivity index (χ1v) is 6.66. The third kappa shape index (κ3) is 1.75. The number of aromatic nitrogens is 3. The fourth-order valence-electron chi connectivity index (χ4n) is 1.53. The van der Waals surface area contributed by atoms with Crippen molar-refractivity contribution in [3.05, 3.63) is 39.5 Å². The summed E-state index contributed by atoms with van der Waals surface area (Å²) in [5.41, 5.74) is 1.29. The van der Waals surface area contributed by atoms with Crippen molar-refractivity contribution >= 4 is 38.7 Å². The highest BCUT2D eigenvalue weighted by Gasteiger charge is 2.17. The molecule has 0 atom stereocenters. The summed E-state index contributed by atoms with van der Waals surface area (Å²) >= 11 is 2.84. The number of carbonyl (C=O) groups excluding carboxylic acids is 1. The van der Waals surface area contributed by atoms with E-state index in [4.69, 9.17) is 0 Å². The van der Waals surface area contributed by atoms with E-state index in [1.54, 1.807) is 0 Å². The SMILES string of the molecule is Cc1csc(C(=O)c2ncnc3sccc23)n1. The lowest BCUT2D eigenvalue weighted by molar-refractivity contribution is 0.103. The van der Waals surface area contributed by atoms with E-state index < -0.39 is 0 Å². The van der Waals surface area contributed by atoms with Gasteiger partial charge in [0.05, 0.1) is 0 Å². The summed E-state index contributed by atoms with van der Waals surface area (Å²) in [5, 5.41) is 5.05. The van der Waals surface area contributed by atoms with Gasteiger partial charge in [0.2, 0.25) is 5.78 Å². The van der Waals surface area contributed by atoms with Crippen molar-refractivity contribution in [2.45, 2.75) is 6.92 Å². The number of rotatable bonds is 2. The van der Waals surface area contributed by atoms with Crippen LogP contribution >= 0.6 is 22.7 Å². The molecule has 0 radical (unpaired) electrons. The molecule has 3 rings (SSSR count). The van der Waals surface area contributed by atoms with Crippen molar-refractivity contribution in [1.82, 2.24) is 15.0 Å². The minimum atomic E-state index is -0.131. The molecule has 6 heteroatoms. The zero-order valence-corrected chi connectivity index (χ0v) is 10.5. The number of ketones is 1. The monoisotopic (exact) mass is 261 g/mol. The fraction of sp³-hybridized carbons (Fsp3) is 0.0909. The molecule has 84 valence electrons. The average Bonchev–Trinajstić information content (AvgIpc) is 2.95. The molecule has 0 saturated heterocycles. The average molecular weight is 261 g/mol. The quantitative estimate of drug-likeness (QED) is 0.665. The van der Waals surface area contributed by atoms with Gasteiger partial charge in [-0.15, -0.1) is 22.7 Å². The third-order valence-electron chi connectivity index (χ3n) is 2.29. The van der Waals surface area contributed by atoms with E-state index in [0.29, 0.717) is 10.7 Å². The summed E-state index contributed by atoms with van der Waals surface area (Å²) in [6.45, 7) is 1.87. The second-order valence-corrected chi connectivity index (χ2v) is 5.24. The van der Waals surface area contributed by atoms with E-state index in [1.807, 2.05) is 23.8 Å². The van der Waals surface area contributed by atoms with Crippen LogP contribution in [0.3, 0.4) is 0 Å². The lowest BCUT2D eigenvalue weighted by Crippen LogP contribution is -2.04. The highest BCUT2D eigenvalue weighted by atomic mass is 32.1. The summed E-state index contributed by atoms with van der Waals surface area (Å²) in [6, 6.07) is 1.87. The first-order chi connectivity index (χ1) is 8.25. The summed E-state index contributed by atoms with van der Waals surface area (Å²) in [4.78, 5) is 25.5. The summed E-state index contributed by atoms with van der Waals surface area (Å²) in [5.74, 6) is -0.131. The molecule has 0 saturated carbocycles. The standard InChI is InChI=1S/C11H7N3OS2/c1-6-4-17-11(14-6)9(15)8-7-2-3-16-10(7)13-5-12-8/h2-5H,1H3. The number of carbonyl (C=O) groups is 1. The highest BCUT2D eigenvalue weighted by molar-refractivity contribution is 7.16. The summed E-state index contributed by atoms with van der Waals surface area (Å²) in [6.07, 6.45) is 1.42. The van der Waals surface area contributed by atoms with Crippen LogP contribution in [0.2, 0.25) is 0 Å². The largest absolute Gasteiger partial charge is 0.284 e. The van der Waals surface area contributed by atoms with Gasteiger partial charge in [0.25, 0.3) is 0 Å². The Kier molecular flexibility index (Phi) is 2.45. The molecule has 0 unspecified atom stereocenters.